The third kappa shape index (κ3) is 3.11. The van der Waals surface area contributed by atoms with Crippen LogP contribution in [-0.4, -0.2) is 17.9 Å². The highest BCUT2D eigenvalue weighted by atomic mass is 32.2. The molecule has 0 fully saturated rings. The number of benzene rings is 2. The zero-order valence-corrected chi connectivity index (χ0v) is 10.9. The molecule has 2 aromatic rings. The molecule has 0 atom stereocenters. The van der Waals surface area contributed by atoms with Gasteiger partial charge in [-0.3, -0.25) is 14.7 Å². The molecule has 2 N–H and O–H groups in total. The first-order chi connectivity index (χ1) is 9.38. The van der Waals surface area contributed by atoms with E-state index in [0.717, 1.165) is 12.1 Å². The fourth-order valence-corrected chi connectivity index (χ4v) is 2.28. The van der Waals surface area contributed by atoms with Crippen molar-refractivity contribution in [1.82, 2.24) is 0 Å². The summed E-state index contributed by atoms with van der Waals surface area (Å²) in [5.41, 5.74) is 0.229. The first-order valence-corrected chi connectivity index (χ1v) is 6.90. The Hall–Kier alpha value is -2.45. The molecule has 2 aromatic carbocycles. The highest BCUT2D eigenvalue weighted by Crippen LogP contribution is 2.28. The molecule has 0 saturated carbocycles. The second kappa shape index (κ2) is 5.27. The lowest BCUT2D eigenvalue weighted by Crippen LogP contribution is -2.04. The molecule has 0 radical (unpaired) electrons. The van der Waals surface area contributed by atoms with E-state index < -0.39 is 25.6 Å². The molecule has 2 rings (SSSR count). The van der Waals surface area contributed by atoms with Crippen molar-refractivity contribution in [2.75, 3.05) is 5.32 Å². The normalized spacial score (nSPS) is 11.1. The number of nitrogens with zero attached hydrogens (tertiary/aromatic N) is 1. The number of para-hydroxylation sites is 1. The van der Waals surface area contributed by atoms with E-state index >= 15 is 0 Å². The molecule has 0 aromatic heterocycles. The maximum absolute atomic E-state index is 11.3. The van der Waals surface area contributed by atoms with Crippen LogP contribution in [0.15, 0.2) is 53.4 Å². The number of nitro groups is 1. The van der Waals surface area contributed by atoms with Crippen molar-refractivity contribution in [3.63, 3.8) is 0 Å². The second-order valence-electron chi connectivity index (χ2n) is 3.90. The Labute approximate surface area is 114 Å². The van der Waals surface area contributed by atoms with E-state index in [9.17, 15) is 18.5 Å². The predicted molar refractivity (Wildman–Crippen MR) is 72.6 cm³/mol. The van der Waals surface area contributed by atoms with Crippen molar-refractivity contribution in [3.05, 3.63) is 58.6 Å². The summed E-state index contributed by atoms with van der Waals surface area (Å²) in [7, 11) is -4.58. The van der Waals surface area contributed by atoms with E-state index in [1.54, 1.807) is 30.3 Å². The van der Waals surface area contributed by atoms with Gasteiger partial charge in [-0.2, -0.15) is 8.42 Å². The van der Waals surface area contributed by atoms with Gasteiger partial charge >= 0.3 is 0 Å². The topological polar surface area (TPSA) is 110 Å². The van der Waals surface area contributed by atoms with E-state index in [2.05, 4.69) is 5.32 Å². The summed E-state index contributed by atoms with van der Waals surface area (Å²) < 4.78 is 31.8. The zero-order chi connectivity index (χ0) is 14.8. The molecule has 7 nitrogen and oxygen atoms in total. The van der Waals surface area contributed by atoms with Crippen molar-refractivity contribution in [2.24, 2.45) is 0 Å². The molecule has 104 valence electrons. The van der Waals surface area contributed by atoms with Crippen LogP contribution >= 0.6 is 0 Å². The molecular formula is C12H10N2O5S. The van der Waals surface area contributed by atoms with Crippen molar-refractivity contribution in [3.8, 4) is 0 Å². The molecule has 0 spiro atoms. The molecule has 0 saturated heterocycles. The Balaban J connectivity index is 2.50. The second-order valence-corrected chi connectivity index (χ2v) is 5.29. The van der Waals surface area contributed by atoms with Crippen LogP contribution in [0, 0.1) is 10.1 Å². The van der Waals surface area contributed by atoms with Crippen LogP contribution in [0.4, 0.5) is 17.1 Å². The van der Waals surface area contributed by atoms with Gasteiger partial charge in [0.05, 0.1) is 10.6 Å². The fourth-order valence-electron chi connectivity index (χ4n) is 1.62. The van der Waals surface area contributed by atoms with Crippen LogP contribution < -0.4 is 5.32 Å². The average molecular weight is 294 g/mol. The van der Waals surface area contributed by atoms with Gasteiger partial charge in [-0.05, 0) is 18.2 Å². The Bertz CT molecular complexity index is 744. The maximum Gasteiger partial charge on any atom is 0.296 e. The molecule has 20 heavy (non-hydrogen) atoms. The number of non-ortho nitro benzene ring substituents is 1. The molecular weight excluding hydrogens is 284 g/mol. The minimum atomic E-state index is -4.58. The summed E-state index contributed by atoms with van der Waals surface area (Å²) in [5.74, 6) is 0. The number of hydrogen-bond donors (Lipinski definition) is 2. The summed E-state index contributed by atoms with van der Waals surface area (Å²) in [6.07, 6.45) is 0. The largest absolute Gasteiger partial charge is 0.354 e. The Morgan fingerprint density at radius 1 is 1.10 bits per heavy atom. The van der Waals surface area contributed by atoms with Gasteiger partial charge in [-0.1, -0.05) is 18.2 Å². The number of rotatable bonds is 4. The number of nitrogens with one attached hydrogen (secondary N) is 1. The quantitative estimate of drug-likeness (QED) is 0.509. The minimum Gasteiger partial charge on any atom is -0.354 e. The Kier molecular flexibility index (Phi) is 3.68. The smallest absolute Gasteiger partial charge is 0.296 e. The van der Waals surface area contributed by atoms with Crippen LogP contribution in [0.2, 0.25) is 0 Å². The van der Waals surface area contributed by atoms with Gasteiger partial charge in [-0.25, -0.2) is 0 Å². The van der Waals surface area contributed by atoms with Crippen molar-refractivity contribution in [2.45, 2.75) is 4.90 Å². The predicted octanol–water partition coefficient (Wildman–Crippen LogP) is 2.59. The Morgan fingerprint density at radius 3 is 2.30 bits per heavy atom. The van der Waals surface area contributed by atoms with E-state index in [-0.39, 0.29) is 5.69 Å². The third-order valence-electron chi connectivity index (χ3n) is 2.51. The fraction of sp³-hybridized carbons (Fsp3) is 0. The molecule has 0 unspecified atom stereocenters. The first-order valence-electron chi connectivity index (χ1n) is 5.46. The summed E-state index contributed by atoms with van der Waals surface area (Å²) in [4.78, 5) is 9.38. The molecule has 0 heterocycles. The molecule has 0 bridgehead atoms. The van der Waals surface area contributed by atoms with Crippen molar-refractivity contribution >= 4 is 27.2 Å². The number of nitro benzene ring substituents is 1. The maximum atomic E-state index is 11.3. The Morgan fingerprint density at radius 2 is 1.75 bits per heavy atom. The van der Waals surface area contributed by atoms with Gasteiger partial charge in [0, 0.05) is 17.8 Å². The van der Waals surface area contributed by atoms with Crippen LogP contribution in [0.25, 0.3) is 0 Å². The average Bonchev–Trinajstić information content (AvgIpc) is 2.39. The van der Waals surface area contributed by atoms with Crippen LogP contribution in [0.3, 0.4) is 0 Å². The monoisotopic (exact) mass is 294 g/mol. The molecule has 0 aliphatic rings. The van der Waals surface area contributed by atoms with Crippen molar-refractivity contribution in [1.29, 1.82) is 0 Å². The minimum absolute atomic E-state index is 0.0595. The first kappa shape index (κ1) is 14.0. The summed E-state index contributed by atoms with van der Waals surface area (Å²) in [6, 6.07) is 11.8. The van der Waals surface area contributed by atoms with Gasteiger partial charge in [0.1, 0.15) is 4.90 Å². The number of hydrogen-bond acceptors (Lipinski definition) is 5. The van der Waals surface area contributed by atoms with Gasteiger partial charge in [0.15, 0.2) is 0 Å². The lowest BCUT2D eigenvalue weighted by atomic mass is 10.2. The van der Waals surface area contributed by atoms with E-state index in [1.165, 1.54) is 6.07 Å². The lowest BCUT2D eigenvalue weighted by Gasteiger charge is -2.09. The SMILES string of the molecule is O=[N+]([O-])c1ccc(Nc2ccccc2)c(S(=O)(=O)O)c1. The zero-order valence-electron chi connectivity index (χ0n) is 10.1. The van der Waals surface area contributed by atoms with E-state index in [1.807, 2.05) is 0 Å². The molecule has 8 heteroatoms. The van der Waals surface area contributed by atoms with Crippen LogP contribution in [0.5, 0.6) is 0 Å². The standard InChI is InChI=1S/C12H10N2O5S/c15-14(16)10-6-7-11(12(8-10)20(17,18)19)13-9-4-2-1-3-5-9/h1-8,13H,(H,17,18,19). The van der Waals surface area contributed by atoms with Crippen LogP contribution in [-0.2, 0) is 10.1 Å². The van der Waals surface area contributed by atoms with Crippen molar-refractivity contribution < 1.29 is 17.9 Å². The number of anilines is 2. The van der Waals surface area contributed by atoms with Gasteiger partial charge in [0.2, 0.25) is 0 Å². The highest BCUT2D eigenvalue weighted by molar-refractivity contribution is 7.86. The van der Waals surface area contributed by atoms with E-state index in [4.69, 9.17) is 4.55 Å². The summed E-state index contributed by atoms with van der Waals surface area (Å²) in [5, 5.41) is 13.4. The molecule has 0 amide bonds. The third-order valence-corrected chi connectivity index (χ3v) is 3.40. The van der Waals surface area contributed by atoms with E-state index in [0.29, 0.717) is 5.69 Å². The lowest BCUT2D eigenvalue weighted by molar-refractivity contribution is -0.385. The summed E-state index contributed by atoms with van der Waals surface area (Å²) in [6.45, 7) is 0. The van der Waals surface area contributed by atoms with Gasteiger partial charge in [0.25, 0.3) is 15.8 Å². The molecule has 0 aliphatic heterocycles. The van der Waals surface area contributed by atoms with Crippen LogP contribution in [0.1, 0.15) is 0 Å². The highest BCUT2D eigenvalue weighted by Gasteiger charge is 2.20. The summed E-state index contributed by atoms with van der Waals surface area (Å²) >= 11 is 0. The van der Waals surface area contributed by atoms with Gasteiger partial charge in [-0.15, -0.1) is 0 Å². The molecule has 0 aliphatic carbocycles. The van der Waals surface area contributed by atoms with Gasteiger partial charge < -0.3 is 5.32 Å².